The van der Waals surface area contributed by atoms with Gasteiger partial charge >= 0.3 is 5.69 Å². The van der Waals surface area contributed by atoms with Crippen molar-refractivity contribution in [1.29, 1.82) is 0 Å². The van der Waals surface area contributed by atoms with Gasteiger partial charge in [-0.25, -0.2) is 4.79 Å². The fourth-order valence-corrected chi connectivity index (χ4v) is 5.21. The molecule has 34 heavy (non-hydrogen) atoms. The van der Waals surface area contributed by atoms with E-state index in [-0.39, 0.29) is 17.3 Å². The van der Waals surface area contributed by atoms with Crippen LogP contribution >= 0.6 is 0 Å². The van der Waals surface area contributed by atoms with E-state index in [1.807, 2.05) is 48.5 Å². The number of para-hydroxylation sites is 2. The number of hydrogen-bond acceptors (Lipinski definition) is 3. The van der Waals surface area contributed by atoms with Crippen LogP contribution in [0.15, 0.2) is 88.5 Å². The maximum atomic E-state index is 13.7. The lowest BCUT2D eigenvalue weighted by molar-refractivity contribution is 0.708. The molecule has 6 rings (SSSR count). The van der Waals surface area contributed by atoms with Gasteiger partial charge in [0.15, 0.2) is 0 Å². The van der Waals surface area contributed by atoms with Crippen molar-refractivity contribution >= 4 is 16.6 Å². The Bertz CT molecular complexity index is 1710. The van der Waals surface area contributed by atoms with Crippen LogP contribution in [-0.4, -0.2) is 13.7 Å². The minimum absolute atomic E-state index is 0.242. The van der Waals surface area contributed by atoms with Crippen molar-refractivity contribution < 1.29 is 0 Å². The summed E-state index contributed by atoms with van der Waals surface area (Å²) in [6.07, 6.45) is 0. The van der Waals surface area contributed by atoms with E-state index in [9.17, 15) is 9.59 Å². The first kappa shape index (κ1) is 20.3. The monoisotopic (exact) mass is 448 g/mol. The van der Waals surface area contributed by atoms with E-state index in [0.717, 1.165) is 39.5 Å². The molecule has 1 atom stereocenters. The third-order valence-electron chi connectivity index (χ3n) is 6.86. The highest BCUT2D eigenvalue weighted by atomic mass is 16.2. The molecule has 0 fully saturated rings. The zero-order valence-electron chi connectivity index (χ0n) is 19.2. The Morgan fingerprint density at radius 2 is 1.47 bits per heavy atom. The van der Waals surface area contributed by atoms with Crippen LogP contribution in [0.3, 0.4) is 0 Å². The number of aryl methyl sites for hydroxylation is 2. The summed E-state index contributed by atoms with van der Waals surface area (Å²) in [4.78, 5) is 26.8. The molecule has 0 unspecified atom stereocenters. The molecule has 3 heterocycles. The molecule has 1 N–H and O–H groups in total. The first-order valence-corrected chi connectivity index (χ1v) is 11.3. The number of fused-ring (bicyclic) bond motifs is 5. The van der Waals surface area contributed by atoms with Gasteiger partial charge in [0.1, 0.15) is 0 Å². The molecule has 6 heteroatoms. The van der Waals surface area contributed by atoms with Crippen molar-refractivity contribution in [3.8, 4) is 16.9 Å². The number of nitrogens with one attached hydrogen (secondary N) is 1. The van der Waals surface area contributed by atoms with Crippen LogP contribution < -0.4 is 16.6 Å². The third kappa shape index (κ3) is 2.68. The summed E-state index contributed by atoms with van der Waals surface area (Å²) in [5.41, 5.74) is 6.74. The predicted octanol–water partition coefficient (Wildman–Crippen LogP) is 4.52. The summed E-state index contributed by atoms with van der Waals surface area (Å²) >= 11 is 0. The van der Waals surface area contributed by atoms with Gasteiger partial charge in [0.25, 0.3) is 5.56 Å². The van der Waals surface area contributed by atoms with Crippen LogP contribution in [0, 0.1) is 6.92 Å². The minimum atomic E-state index is -0.340. The van der Waals surface area contributed by atoms with Gasteiger partial charge < -0.3 is 9.88 Å². The molecule has 5 aromatic rings. The molecule has 0 radical (unpaired) electrons. The van der Waals surface area contributed by atoms with Crippen molar-refractivity contribution in [3.05, 3.63) is 117 Å². The molecule has 6 nitrogen and oxygen atoms in total. The molecule has 0 aliphatic carbocycles. The molecule has 2 aromatic heterocycles. The number of hydrogen-bond donors (Lipinski definition) is 1. The van der Waals surface area contributed by atoms with E-state index in [4.69, 9.17) is 0 Å². The number of rotatable bonds is 2. The second-order valence-electron chi connectivity index (χ2n) is 8.82. The van der Waals surface area contributed by atoms with Gasteiger partial charge in [0.05, 0.1) is 39.7 Å². The van der Waals surface area contributed by atoms with Gasteiger partial charge in [-0.15, -0.1) is 0 Å². The predicted molar refractivity (Wildman–Crippen MR) is 136 cm³/mol. The number of benzene rings is 3. The van der Waals surface area contributed by atoms with E-state index in [0.29, 0.717) is 10.9 Å². The number of anilines is 1. The molecule has 168 valence electrons. The third-order valence-corrected chi connectivity index (χ3v) is 6.86. The number of nitrogens with zero attached hydrogens (tertiary/aromatic N) is 3. The Labute approximate surface area is 196 Å². The maximum absolute atomic E-state index is 13.7. The lowest BCUT2D eigenvalue weighted by Crippen LogP contribution is -2.37. The van der Waals surface area contributed by atoms with Crippen LogP contribution in [0.4, 0.5) is 5.69 Å². The highest BCUT2D eigenvalue weighted by Gasteiger charge is 2.34. The first-order valence-electron chi connectivity index (χ1n) is 11.3. The molecule has 0 saturated carbocycles. The van der Waals surface area contributed by atoms with Gasteiger partial charge in [-0.1, -0.05) is 66.7 Å². The molecular formula is C28H24N4O2. The lowest BCUT2D eigenvalue weighted by atomic mass is 9.99. The summed E-state index contributed by atoms with van der Waals surface area (Å²) < 4.78 is 4.99. The first-order chi connectivity index (χ1) is 16.5. The van der Waals surface area contributed by atoms with E-state index in [1.165, 1.54) is 4.57 Å². The molecule has 1 aliphatic heterocycles. The van der Waals surface area contributed by atoms with E-state index >= 15 is 0 Å². The zero-order valence-corrected chi connectivity index (χ0v) is 19.2. The van der Waals surface area contributed by atoms with Gasteiger partial charge in [-0.3, -0.25) is 13.9 Å². The quantitative estimate of drug-likeness (QED) is 0.432. The highest BCUT2D eigenvalue weighted by molar-refractivity contribution is 5.99. The molecule has 0 amide bonds. The van der Waals surface area contributed by atoms with Crippen molar-refractivity contribution in [2.24, 2.45) is 14.1 Å². The summed E-state index contributed by atoms with van der Waals surface area (Å²) in [5, 5.41) is 4.23. The van der Waals surface area contributed by atoms with Crippen LogP contribution in [0.5, 0.6) is 0 Å². The Morgan fingerprint density at radius 3 is 2.24 bits per heavy atom. The molecule has 0 saturated heterocycles. The lowest BCUT2D eigenvalue weighted by Gasteiger charge is -2.31. The average Bonchev–Trinajstić information content (AvgIpc) is 3.23. The van der Waals surface area contributed by atoms with Gasteiger partial charge in [0.2, 0.25) is 0 Å². The zero-order chi connectivity index (χ0) is 23.6. The number of aromatic nitrogens is 3. The second kappa shape index (κ2) is 7.35. The van der Waals surface area contributed by atoms with Crippen LogP contribution in [0.25, 0.3) is 27.8 Å². The standard InChI is InChI=1S/C28H24N4O2/c1-17-11-7-8-14-19(17)24-22-25(30(2)28(34)31(3)27(22)33)26-23(18-12-5-4-6-13-18)29-20-15-9-10-16-21(20)32(24)26/h4-16,23,29H,1-3H3/t23-/m1/s1. The maximum Gasteiger partial charge on any atom is 0.331 e. The second-order valence-corrected chi connectivity index (χ2v) is 8.82. The summed E-state index contributed by atoms with van der Waals surface area (Å²) in [7, 11) is 3.29. The SMILES string of the molecule is Cc1ccccc1-c1c2c(=O)n(C)c(=O)n(C)c2c2n1-c1ccccc1N[C@@H]2c1ccccc1. The molecule has 0 bridgehead atoms. The largest absolute Gasteiger partial charge is 0.371 e. The summed E-state index contributed by atoms with van der Waals surface area (Å²) in [5.74, 6) is 0. The summed E-state index contributed by atoms with van der Waals surface area (Å²) in [6, 6.07) is 26.1. The van der Waals surface area contributed by atoms with Crippen molar-refractivity contribution in [2.45, 2.75) is 13.0 Å². The van der Waals surface area contributed by atoms with E-state index in [1.54, 1.807) is 18.7 Å². The van der Waals surface area contributed by atoms with Crippen molar-refractivity contribution in [3.63, 3.8) is 0 Å². The molecule has 1 aliphatic rings. The average molecular weight is 449 g/mol. The van der Waals surface area contributed by atoms with Gasteiger partial charge in [0, 0.05) is 19.7 Å². The minimum Gasteiger partial charge on any atom is -0.371 e. The van der Waals surface area contributed by atoms with E-state index < -0.39 is 0 Å². The summed E-state index contributed by atoms with van der Waals surface area (Å²) in [6.45, 7) is 2.05. The smallest absolute Gasteiger partial charge is 0.331 e. The van der Waals surface area contributed by atoms with Crippen LogP contribution in [0.2, 0.25) is 0 Å². The Balaban J connectivity index is 1.90. The fraction of sp³-hybridized carbons (Fsp3) is 0.143. The Hall–Kier alpha value is -4.32. The van der Waals surface area contributed by atoms with Gasteiger partial charge in [-0.2, -0.15) is 0 Å². The topological polar surface area (TPSA) is 61.0 Å². The van der Waals surface area contributed by atoms with Crippen molar-refractivity contribution in [2.75, 3.05) is 5.32 Å². The highest BCUT2D eigenvalue weighted by Crippen LogP contribution is 2.45. The fourth-order valence-electron chi connectivity index (χ4n) is 5.21. The Morgan fingerprint density at radius 1 is 0.794 bits per heavy atom. The Kier molecular flexibility index (Phi) is 4.39. The normalized spacial score (nSPS) is 14.5. The van der Waals surface area contributed by atoms with Crippen LogP contribution in [-0.2, 0) is 14.1 Å². The van der Waals surface area contributed by atoms with Crippen LogP contribution in [0.1, 0.15) is 22.9 Å². The molecule has 0 spiro atoms. The van der Waals surface area contributed by atoms with Crippen molar-refractivity contribution in [1.82, 2.24) is 13.7 Å². The molecular weight excluding hydrogens is 424 g/mol. The molecule has 3 aromatic carbocycles. The van der Waals surface area contributed by atoms with E-state index in [2.05, 4.69) is 47.1 Å². The van der Waals surface area contributed by atoms with Gasteiger partial charge in [-0.05, 0) is 30.2 Å².